The van der Waals surface area contributed by atoms with Crippen LogP contribution >= 0.6 is 12.2 Å². The Bertz CT molecular complexity index is 121. The Morgan fingerprint density at radius 2 is 1.90 bits per heavy atom. The Hall–Kier alpha value is -0.150. The lowest BCUT2D eigenvalue weighted by Gasteiger charge is -2.23. The maximum atomic E-state index is 9.63. The molecule has 0 bridgehead atoms. The second kappa shape index (κ2) is 3.88. The molecule has 0 amide bonds. The minimum Gasteiger partial charge on any atom is -0.393 e. The molecule has 3 N–H and O–H groups in total. The molecule has 0 aromatic carbocycles. The molecular formula is C7H15NOS. The molecule has 0 aliphatic rings. The van der Waals surface area contributed by atoms with Gasteiger partial charge in [-0.1, -0.05) is 26.1 Å². The molecule has 60 valence electrons. The zero-order valence-corrected chi connectivity index (χ0v) is 7.37. The number of nitrogens with two attached hydrogens (primary N) is 1. The summed E-state index contributed by atoms with van der Waals surface area (Å²) in [5.74, 6) is 0. The molecular weight excluding hydrogens is 146 g/mol. The number of hydrogen-bond donors (Lipinski definition) is 2. The molecule has 0 radical (unpaired) electrons. The Morgan fingerprint density at radius 1 is 1.50 bits per heavy atom. The van der Waals surface area contributed by atoms with Gasteiger partial charge in [-0.15, -0.1) is 0 Å². The van der Waals surface area contributed by atoms with E-state index in [1.807, 2.05) is 13.8 Å². The fourth-order valence-corrected chi connectivity index (χ4v) is 1.09. The predicted molar refractivity (Wildman–Crippen MR) is 46.9 cm³/mol. The summed E-state index contributed by atoms with van der Waals surface area (Å²) in [6.07, 6.45) is 1.86. The van der Waals surface area contributed by atoms with E-state index in [-0.39, 0.29) is 0 Å². The normalized spacial score (nSPS) is 11.5. The maximum Gasteiger partial charge on any atom is 0.0756 e. The van der Waals surface area contributed by atoms with Crippen molar-refractivity contribution in [1.29, 1.82) is 0 Å². The van der Waals surface area contributed by atoms with E-state index in [0.29, 0.717) is 24.3 Å². The number of rotatable bonds is 4. The molecule has 0 heterocycles. The summed E-state index contributed by atoms with van der Waals surface area (Å²) in [6.45, 7) is 3.86. The average Bonchev–Trinajstić information content (AvgIpc) is 1.87. The van der Waals surface area contributed by atoms with Gasteiger partial charge in [0.2, 0.25) is 0 Å². The summed E-state index contributed by atoms with van der Waals surface area (Å²) in [5.41, 5.74) is 4.64. The third-order valence-corrected chi connectivity index (χ3v) is 1.96. The van der Waals surface area contributed by atoms with Crippen molar-refractivity contribution in [2.45, 2.75) is 38.7 Å². The van der Waals surface area contributed by atoms with Crippen LogP contribution < -0.4 is 5.73 Å². The molecule has 0 spiro atoms. The van der Waals surface area contributed by atoms with E-state index in [1.165, 1.54) is 0 Å². The van der Waals surface area contributed by atoms with Gasteiger partial charge in [0.1, 0.15) is 0 Å². The lowest BCUT2D eigenvalue weighted by atomic mass is 9.94. The highest BCUT2D eigenvalue weighted by Crippen LogP contribution is 2.18. The first-order chi connectivity index (χ1) is 4.54. The summed E-state index contributed by atoms with van der Waals surface area (Å²) in [5, 5.41) is 9.63. The van der Waals surface area contributed by atoms with Crippen LogP contribution in [0, 0.1) is 0 Å². The van der Waals surface area contributed by atoms with Crippen molar-refractivity contribution >= 4 is 17.2 Å². The fourth-order valence-electron chi connectivity index (χ4n) is 0.824. The predicted octanol–water partition coefficient (Wildman–Crippen LogP) is 1.21. The molecule has 3 heteroatoms. The highest BCUT2D eigenvalue weighted by atomic mass is 32.1. The highest BCUT2D eigenvalue weighted by molar-refractivity contribution is 7.80. The summed E-state index contributed by atoms with van der Waals surface area (Å²) in [4.78, 5) is 0.395. The zero-order valence-electron chi connectivity index (χ0n) is 6.55. The van der Waals surface area contributed by atoms with Crippen molar-refractivity contribution in [2.75, 3.05) is 0 Å². The van der Waals surface area contributed by atoms with Crippen LogP contribution in [-0.4, -0.2) is 15.7 Å². The lowest BCUT2D eigenvalue weighted by molar-refractivity contribution is 0.0400. The van der Waals surface area contributed by atoms with Crippen LogP contribution in [0.15, 0.2) is 0 Å². The minimum absolute atomic E-state index is 0.395. The largest absolute Gasteiger partial charge is 0.393 e. The van der Waals surface area contributed by atoms with E-state index in [1.54, 1.807) is 0 Å². The van der Waals surface area contributed by atoms with Crippen molar-refractivity contribution in [1.82, 2.24) is 0 Å². The Labute approximate surface area is 67.4 Å². The standard InChI is InChI=1S/C7H15NOS/c1-3-7(9,4-2)5-6(8)10/h9H,3-5H2,1-2H3,(H2,8,10). The SMILES string of the molecule is CCC(O)(CC)CC(N)=S. The van der Waals surface area contributed by atoms with Gasteiger partial charge in [-0.25, -0.2) is 0 Å². The molecule has 0 rings (SSSR count). The van der Waals surface area contributed by atoms with Crippen molar-refractivity contribution in [3.05, 3.63) is 0 Å². The van der Waals surface area contributed by atoms with Gasteiger partial charge in [0.05, 0.1) is 10.6 Å². The zero-order chi connectivity index (χ0) is 8.20. The topological polar surface area (TPSA) is 46.2 Å². The fraction of sp³-hybridized carbons (Fsp3) is 0.857. The minimum atomic E-state index is -0.661. The Kier molecular flexibility index (Phi) is 3.83. The molecule has 0 aromatic heterocycles. The number of thiocarbonyl (C=S) groups is 1. The Morgan fingerprint density at radius 3 is 2.00 bits per heavy atom. The van der Waals surface area contributed by atoms with Crippen molar-refractivity contribution < 1.29 is 5.11 Å². The van der Waals surface area contributed by atoms with Gasteiger partial charge in [-0.05, 0) is 12.8 Å². The van der Waals surface area contributed by atoms with E-state index in [4.69, 9.17) is 18.0 Å². The summed E-state index contributed by atoms with van der Waals surface area (Å²) < 4.78 is 0. The van der Waals surface area contributed by atoms with Crippen LogP contribution in [0.1, 0.15) is 33.1 Å². The maximum absolute atomic E-state index is 9.63. The van der Waals surface area contributed by atoms with Crippen LogP contribution in [0.25, 0.3) is 0 Å². The molecule has 10 heavy (non-hydrogen) atoms. The smallest absolute Gasteiger partial charge is 0.0756 e. The van der Waals surface area contributed by atoms with Crippen molar-refractivity contribution in [3.8, 4) is 0 Å². The summed E-state index contributed by atoms with van der Waals surface area (Å²) >= 11 is 4.69. The monoisotopic (exact) mass is 161 g/mol. The van der Waals surface area contributed by atoms with E-state index in [0.717, 1.165) is 0 Å². The van der Waals surface area contributed by atoms with Crippen LogP contribution in [-0.2, 0) is 0 Å². The van der Waals surface area contributed by atoms with Gasteiger partial charge in [-0.2, -0.15) is 0 Å². The third-order valence-electron chi connectivity index (χ3n) is 1.82. The highest BCUT2D eigenvalue weighted by Gasteiger charge is 2.22. The molecule has 0 aliphatic heterocycles. The first-order valence-corrected chi connectivity index (χ1v) is 3.95. The van der Waals surface area contributed by atoms with E-state index in [2.05, 4.69) is 0 Å². The molecule has 0 saturated heterocycles. The van der Waals surface area contributed by atoms with E-state index < -0.39 is 5.60 Å². The van der Waals surface area contributed by atoms with E-state index >= 15 is 0 Å². The molecule has 0 atom stereocenters. The second-order valence-corrected chi connectivity index (χ2v) is 3.10. The van der Waals surface area contributed by atoms with E-state index in [9.17, 15) is 5.11 Å². The van der Waals surface area contributed by atoms with Crippen molar-refractivity contribution in [3.63, 3.8) is 0 Å². The van der Waals surface area contributed by atoms with Crippen LogP contribution in [0.5, 0.6) is 0 Å². The van der Waals surface area contributed by atoms with Gasteiger partial charge in [0.15, 0.2) is 0 Å². The summed E-state index contributed by atoms with van der Waals surface area (Å²) in [7, 11) is 0. The van der Waals surface area contributed by atoms with Crippen molar-refractivity contribution in [2.24, 2.45) is 5.73 Å². The van der Waals surface area contributed by atoms with Crippen LogP contribution in [0.4, 0.5) is 0 Å². The Balaban J connectivity index is 3.92. The molecule has 0 aliphatic carbocycles. The van der Waals surface area contributed by atoms with Gasteiger partial charge in [0, 0.05) is 6.42 Å². The van der Waals surface area contributed by atoms with Crippen LogP contribution in [0.2, 0.25) is 0 Å². The molecule has 0 saturated carbocycles. The van der Waals surface area contributed by atoms with Gasteiger partial charge < -0.3 is 10.8 Å². The quantitative estimate of drug-likeness (QED) is 0.609. The number of aliphatic hydroxyl groups is 1. The van der Waals surface area contributed by atoms with Crippen LogP contribution in [0.3, 0.4) is 0 Å². The summed E-state index contributed by atoms with van der Waals surface area (Å²) in [6, 6.07) is 0. The third kappa shape index (κ3) is 3.13. The number of hydrogen-bond acceptors (Lipinski definition) is 2. The molecule has 0 aromatic rings. The molecule has 0 fully saturated rings. The first kappa shape index (κ1) is 9.85. The van der Waals surface area contributed by atoms with Gasteiger partial charge >= 0.3 is 0 Å². The first-order valence-electron chi connectivity index (χ1n) is 3.54. The van der Waals surface area contributed by atoms with Gasteiger partial charge in [-0.3, -0.25) is 0 Å². The molecule has 2 nitrogen and oxygen atoms in total. The lowest BCUT2D eigenvalue weighted by Crippen LogP contribution is -2.32. The molecule has 0 unspecified atom stereocenters. The second-order valence-electron chi connectivity index (χ2n) is 2.57. The average molecular weight is 161 g/mol. The van der Waals surface area contributed by atoms with Gasteiger partial charge in [0.25, 0.3) is 0 Å².